The van der Waals surface area contributed by atoms with Crippen LogP contribution in [0.25, 0.3) is 22.9 Å². The number of tetrazole rings is 1. The first-order chi connectivity index (χ1) is 22.5. The molecule has 2 atom stereocenters. The van der Waals surface area contributed by atoms with E-state index in [0.29, 0.717) is 64.7 Å². The highest BCUT2D eigenvalue weighted by Gasteiger charge is 2.29. The van der Waals surface area contributed by atoms with E-state index in [1.807, 2.05) is 0 Å². The maximum Gasteiger partial charge on any atom is 0.411 e. The van der Waals surface area contributed by atoms with Gasteiger partial charge in [0.25, 0.3) is 5.56 Å². The maximum absolute atomic E-state index is 13.4. The van der Waals surface area contributed by atoms with E-state index < -0.39 is 33.6 Å². The van der Waals surface area contributed by atoms with Crippen LogP contribution in [0.15, 0.2) is 65.7 Å². The molecule has 5 rings (SSSR count). The Labute approximate surface area is 275 Å². The second-order valence-electron chi connectivity index (χ2n) is 10.9. The lowest BCUT2D eigenvalue weighted by atomic mass is 9.90. The number of nitrogens with one attached hydrogen (secondary N) is 3. The number of carbonyl (C=O) groups excluding carboxylic acids is 2. The zero-order valence-electron chi connectivity index (χ0n) is 25.5. The minimum atomic E-state index is -3.40. The number of aromatic nitrogens is 6. The number of aromatic amines is 1. The van der Waals surface area contributed by atoms with E-state index in [2.05, 4.69) is 41.1 Å². The van der Waals surface area contributed by atoms with E-state index in [1.54, 1.807) is 54.6 Å². The molecule has 17 heteroatoms. The molecule has 0 bridgehead atoms. The molecule has 2 aromatic heterocycles. The normalized spacial score (nSPS) is 16.1. The van der Waals surface area contributed by atoms with Gasteiger partial charge >= 0.3 is 6.09 Å². The minimum Gasteiger partial charge on any atom is -0.453 e. The van der Waals surface area contributed by atoms with Crippen molar-refractivity contribution in [3.8, 4) is 16.8 Å². The standard InChI is InChI=1S/C30H32ClN9O6S/c1-46-30(43)33-23-9-5-20(6-10-23)24-16-26(35-36-29(24)42)25(14-19-4-3-13-39(17-19)47(2,44)45)34-28(41)12-7-21-15-22(31)8-11-27(21)40-18-32-37-38-40/h5-12,15-16,18-19,25H,3-4,13-14,17H2,1-2H3,(H,33,43)(H,34,41)(H,36,42)/t19?,25-/m0/s1. The predicted octanol–water partition coefficient (Wildman–Crippen LogP) is 3.18. The number of hydrogen-bond acceptors (Lipinski definition) is 10. The summed E-state index contributed by atoms with van der Waals surface area (Å²) in [4.78, 5) is 37.8. The first-order valence-corrected chi connectivity index (χ1v) is 16.7. The molecule has 1 fully saturated rings. The number of benzene rings is 2. The van der Waals surface area contributed by atoms with Gasteiger partial charge in [-0.2, -0.15) is 9.78 Å². The molecule has 246 valence electrons. The Balaban J connectivity index is 1.43. The van der Waals surface area contributed by atoms with Crippen LogP contribution in [0.4, 0.5) is 10.5 Å². The van der Waals surface area contributed by atoms with Crippen molar-refractivity contribution in [2.24, 2.45) is 5.92 Å². The number of piperidine rings is 1. The van der Waals surface area contributed by atoms with Crippen LogP contribution in [0, 0.1) is 5.92 Å². The van der Waals surface area contributed by atoms with Crippen molar-refractivity contribution in [3.05, 3.63) is 87.6 Å². The summed E-state index contributed by atoms with van der Waals surface area (Å²) in [5, 5.41) is 24.0. The quantitative estimate of drug-likeness (QED) is 0.209. The first-order valence-electron chi connectivity index (χ1n) is 14.5. The van der Waals surface area contributed by atoms with Gasteiger partial charge in [0.05, 0.1) is 36.4 Å². The van der Waals surface area contributed by atoms with Gasteiger partial charge in [0.2, 0.25) is 15.9 Å². The highest BCUT2D eigenvalue weighted by atomic mass is 35.5. The molecule has 2 aromatic carbocycles. The number of methoxy groups -OCH3 is 1. The highest BCUT2D eigenvalue weighted by molar-refractivity contribution is 7.88. The molecule has 1 aliphatic rings. The number of rotatable bonds is 10. The summed E-state index contributed by atoms with van der Waals surface area (Å²) in [6, 6.07) is 12.5. The molecule has 4 aromatic rings. The van der Waals surface area contributed by atoms with E-state index in [4.69, 9.17) is 11.6 Å². The second kappa shape index (κ2) is 14.7. The number of H-pyrrole nitrogens is 1. The predicted molar refractivity (Wildman–Crippen MR) is 174 cm³/mol. The van der Waals surface area contributed by atoms with Gasteiger partial charge in [0.15, 0.2) is 0 Å². The van der Waals surface area contributed by atoms with Gasteiger partial charge in [-0.15, -0.1) is 5.10 Å². The van der Waals surface area contributed by atoms with Crippen LogP contribution in [-0.2, 0) is 19.6 Å². The van der Waals surface area contributed by atoms with Crippen LogP contribution in [0.3, 0.4) is 0 Å². The van der Waals surface area contributed by atoms with Gasteiger partial charge in [0, 0.05) is 35.4 Å². The lowest BCUT2D eigenvalue weighted by Crippen LogP contribution is -2.41. The smallest absolute Gasteiger partial charge is 0.411 e. The van der Waals surface area contributed by atoms with E-state index in [-0.39, 0.29) is 5.92 Å². The number of anilines is 1. The van der Waals surface area contributed by atoms with Crippen molar-refractivity contribution in [1.29, 1.82) is 0 Å². The average molecular weight is 682 g/mol. The second-order valence-corrected chi connectivity index (χ2v) is 13.4. The molecular formula is C30H32ClN9O6S. The van der Waals surface area contributed by atoms with Crippen molar-refractivity contribution in [2.75, 3.05) is 31.8 Å². The number of carbonyl (C=O) groups is 2. The summed E-state index contributed by atoms with van der Waals surface area (Å²) in [7, 11) is -2.14. The maximum atomic E-state index is 13.4. The fourth-order valence-corrected chi connectivity index (χ4v) is 6.47. The lowest BCUT2D eigenvalue weighted by Gasteiger charge is -2.33. The van der Waals surface area contributed by atoms with Crippen molar-refractivity contribution in [2.45, 2.75) is 25.3 Å². The van der Waals surface area contributed by atoms with E-state index >= 15 is 0 Å². The zero-order chi connectivity index (χ0) is 33.6. The van der Waals surface area contributed by atoms with E-state index in [1.165, 1.54) is 34.8 Å². The summed E-state index contributed by atoms with van der Waals surface area (Å²) >= 11 is 6.22. The molecule has 3 heterocycles. The van der Waals surface area contributed by atoms with Gasteiger partial charge in [-0.25, -0.2) is 22.6 Å². The third kappa shape index (κ3) is 8.66. The van der Waals surface area contributed by atoms with Gasteiger partial charge in [-0.3, -0.25) is 14.9 Å². The lowest BCUT2D eigenvalue weighted by molar-refractivity contribution is -0.117. The molecule has 1 aliphatic heterocycles. The molecule has 0 saturated carbocycles. The van der Waals surface area contributed by atoms with Crippen molar-refractivity contribution >= 4 is 45.4 Å². The summed E-state index contributed by atoms with van der Waals surface area (Å²) in [5.41, 5.74) is 2.42. The molecule has 3 N–H and O–H groups in total. The molecule has 0 spiro atoms. The Kier molecular flexibility index (Phi) is 10.4. The summed E-state index contributed by atoms with van der Waals surface area (Å²) < 4.78 is 32.1. The number of halogens is 1. The molecule has 47 heavy (non-hydrogen) atoms. The average Bonchev–Trinajstić information content (AvgIpc) is 3.59. The Morgan fingerprint density at radius 2 is 1.98 bits per heavy atom. The van der Waals surface area contributed by atoms with Crippen LogP contribution in [0.2, 0.25) is 5.02 Å². The van der Waals surface area contributed by atoms with Crippen LogP contribution in [-0.4, -0.2) is 81.6 Å². The summed E-state index contributed by atoms with van der Waals surface area (Å²) in [6.07, 6.45) is 6.67. The Morgan fingerprint density at radius 1 is 1.19 bits per heavy atom. The molecule has 0 aliphatic carbocycles. The number of amides is 2. The Morgan fingerprint density at radius 3 is 2.68 bits per heavy atom. The van der Waals surface area contributed by atoms with Crippen molar-refractivity contribution in [1.82, 2.24) is 40.0 Å². The van der Waals surface area contributed by atoms with E-state index in [9.17, 15) is 22.8 Å². The SMILES string of the molecule is COC(=O)Nc1ccc(-c2cc([C@H](CC3CCCN(S(C)(=O)=O)C3)NC(=O)C=Cc3cc(Cl)ccc3-n3cnnn3)n[nH]c2=O)cc1. The number of hydrogen-bond donors (Lipinski definition) is 3. The third-order valence-corrected chi connectivity index (χ3v) is 9.15. The van der Waals surface area contributed by atoms with Gasteiger partial charge < -0.3 is 10.1 Å². The Bertz CT molecular complexity index is 1930. The fraction of sp³-hybridized carbons (Fsp3) is 0.300. The Hall–Kier alpha value is -4.93. The number of nitrogens with zero attached hydrogens (tertiary/aromatic N) is 6. The zero-order valence-corrected chi connectivity index (χ0v) is 27.0. The molecule has 2 amide bonds. The van der Waals surface area contributed by atoms with Crippen molar-refractivity contribution in [3.63, 3.8) is 0 Å². The van der Waals surface area contributed by atoms with Gasteiger partial charge in [-0.1, -0.05) is 23.7 Å². The van der Waals surface area contributed by atoms with Crippen LogP contribution < -0.4 is 16.2 Å². The third-order valence-electron chi connectivity index (χ3n) is 7.64. The van der Waals surface area contributed by atoms with Crippen molar-refractivity contribution < 1.29 is 22.7 Å². The first kappa shape index (κ1) is 33.4. The fourth-order valence-electron chi connectivity index (χ4n) is 5.35. The molecule has 15 nitrogen and oxygen atoms in total. The molecule has 0 radical (unpaired) electrons. The van der Waals surface area contributed by atoms with Crippen LogP contribution in [0.1, 0.15) is 36.6 Å². The summed E-state index contributed by atoms with van der Waals surface area (Å²) in [6.45, 7) is 0.726. The largest absolute Gasteiger partial charge is 0.453 e. The van der Waals surface area contributed by atoms with Crippen LogP contribution >= 0.6 is 11.6 Å². The minimum absolute atomic E-state index is 0.0899. The number of ether oxygens (including phenoxy) is 1. The van der Waals surface area contributed by atoms with Gasteiger partial charge in [0.1, 0.15) is 6.33 Å². The van der Waals surface area contributed by atoms with Gasteiger partial charge in [-0.05, 0) is 83.6 Å². The number of sulfonamides is 1. The highest BCUT2D eigenvalue weighted by Crippen LogP contribution is 2.29. The topological polar surface area (TPSA) is 194 Å². The molecule has 1 saturated heterocycles. The summed E-state index contributed by atoms with van der Waals surface area (Å²) in [5.74, 6) is -0.547. The van der Waals surface area contributed by atoms with Crippen LogP contribution in [0.5, 0.6) is 0 Å². The van der Waals surface area contributed by atoms with E-state index in [0.717, 1.165) is 6.42 Å². The monoisotopic (exact) mass is 681 g/mol. The molecular weight excluding hydrogens is 650 g/mol. The molecule has 1 unspecified atom stereocenters.